The molecule has 0 fully saturated rings. The fraction of sp³-hybridized carbons (Fsp3) is 0.200. The molecule has 0 aliphatic heterocycles. The highest BCUT2D eigenvalue weighted by atomic mass is 32.1. The quantitative estimate of drug-likeness (QED) is 0.542. The van der Waals surface area contributed by atoms with Gasteiger partial charge in [0.2, 0.25) is 5.88 Å². The minimum atomic E-state index is 0.552. The van der Waals surface area contributed by atoms with Gasteiger partial charge in [0.1, 0.15) is 0 Å². The number of rotatable bonds is 4. The number of pyridine rings is 1. The van der Waals surface area contributed by atoms with Gasteiger partial charge in [0.15, 0.2) is 5.05 Å². The van der Waals surface area contributed by atoms with E-state index in [1.54, 1.807) is 12.3 Å². The number of aromatic nitrogens is 1. The monoisotopic (exact) mass is 193 g/mol. The number of hydrogen-bond acceptors (Lipinski definition) is 3. The Balaban J connectivity index is 2.41. The smallest absolute Gasteiger partial charge is 0.219 e. The zero-order chi connectivity index (χ0) is 9.52. The highest BCUT2D eigenvalue weighted by Crippen LogP contribution is 2.06. The molecular formula is C10H11NOS. The van der Waals surface area contributed by atoms with E-state index in [0.29, 0.717) is 10.9 Å². The van der Waals surface area contributed by atoms with Gasteiger partial charge < -0.3 is 4.74 Å². The summed E-state index contributed by atoms with van der Waals surface area (Å²) in [5.41, 5.74) is 0. The maximum absolute atomic E-state index is 5.29. The van der Waals surface area contributed by atoms with Crippen LogP contribution in [0.15, 0.2) is 37.1 Å². The van der Waals surface area contributed by atoms with Crippen molar-refractivity contribution in [3.8, 4) is 5.88 Å². The van der Waals surface area contributed by atoms with Gasteiger partial charge in [0.25, 0.3) is 0 Å². The van der Waals surface area contributed by atoms with Crippen molar-refractivity contribution in [2.24, 2.45) is 0 Å². The van der Waals surface area contributed by atoms with Gasteiger partial charge in [0.05, 0.1) is 0 Å². The average molecular weight is 193 g/mol. The van der Waals surface area contributed by atoms with Crippen molar-refractivity contribution >= 4 is 17.3 Å². The first kappa shape index (κ1) is 9.86. The molecule has 0 aromatic carbocycles. The molecule has 1 aromatic heterocycles. The van der Waals surface area contributed by atoms with E-state index in [2.05, 4.69) is 11.6 Å². The molecule has 0 saturated heterocycles. The number of thiocarbonyl (C=S) groups is 1. The molecule has 0 atom stereocenters. The molecule has 68 valence electrons. The third-order valence-electron chi connectivity index (χ3n) is 1.41. The molecule has 1 rings (SSSR count). The number of nitrogens with zero attached hydrogens (tertiary/aromatic N) is 1. The van der Waals surface area contributed by atoms with Gasteiger partial charge in [-0.1, -0.05) is 12.1 Å². The number of ether oxygens (including phenoxy) is 1. The lowest BCUT2D eigenvalue weighted by atomic mass is 10.3. The van der Waals surface area contributed by atoms with Gasteiger partial charge >= 0.3 is 0 Å². The van der Waals surface area contributed by atoms with Gasteiger partial charge in [-0.3, -0.25) is 0 Å². The second-order valence-corrected chi connectivity index (χ2v) is 2.92. The molecule has 0 N–H and O–H groups in total. The van der Waals surface area contributed by atoms with Crippen molar-refractivity contribution in [2.75, 3.05) is 0 Å². The topological polar surface area (TPSA) is 22.1 Å². The molecule has 0 amide bonds. The van der Waals surface area contributed by atoms with Crippen molar-refractivity contribution in [3.05, 3.63) is 37.1 Å². The van der Waals surface area contributed by atoms with Gasteiger partial charge in [-0.25, -0.2) is 4.98 Å². The molecule has 13 heavy (non-hydrogen) atoms. The van der Waals surface area contributed by atoms with Gasteiger partial charge in [-0.15, -0.1) is 6.58 Å². The van der Waals surface area contributed by atoms with Crippen LogP contribution in [0.25, 0.3) is 0 Å². The molecule has 0 aliphatic rings. The van der Waals surface area contributed by atoms with Crippen LogP contribution in [0.3, 0.4) is 0 Å². The second-order valence-electron chi connectivity index (χ2n) is 2.47. The van der Waals surface area contributed by atoms with E-state index in [9.17, 15) is 0 Å². The third kappa shape index (κ3) is 3.80. The van der Waals surface area contributed by atoms with Crippen LogP contribution >= 0.6 is 12.2 Å². The third-order valence-corrected chi connectivity index (χ3v) is 1.70. The van der Waals surface area contributed by atoms with E-state index in [4.69, 9.17) is 17.0 Å². The van der Waals surface area contributed by atoms with Crippen LogP contribution in [0.5, 0.6) is 5.88 Å². The molecular weight excluding hydrogens is 182 g/mol. The van der Waals surface area contributed by atoms with Crippen LogP contribution in [0.1, 0.15) is 12.8 Å². The van der Waals surface area contributed by atoms with Crippen LogP contribution in [-0.2, 0) is 0 Å². The fourth-order valence-corrected chi connectivity index (χ4v) is 0.998. The molecule has 1 aromatic rings. The van der Waals surface area contributed by atoms with Crippen molar-refractivity contribution in [3.63, 3.8) is 0 Å². The lowest BCUT2D eigenvalue weighted by molar-refractivity contribution is 0.525. The van der Waals surface area contributed by atoms with Crippen molar-refractivity contribution in [1.82, 2.24) is 4.98 Å². The van der Waals surface area contributed by atoms with E-state index in [-0.39, 0.29) is 0 Å². The predicted molar refractivity (Wildman–Crippen MR) is 56.9 cm³/mol. The van der Waals surface area contributed by atoms with Crippen molar-refractivity contribution in [2.45, 2.75) is 12.8 Å². The molecule has 3 heteroatoms. The molecule has 0 saturated carbocycles. The molecule has 0 unspecified atom stereocenters. The Labute approximate surface area is 83.3 Å². The number of hydrogen-bond donors (Lipinski definition) is 0. The van der Waals surface area contributed by atoms with Gasteiger partial charge in [-0.2, -0.15) is 0 Å². The van der Waals surface area contributed by atoms with E-state index in [1.165, 1.54) is 0 Å². The Hall–Kier alpha value is -1.22. The van der Waals surface area contributed by atoms with Crippen molar-refractivity contribution in [1.29, 1.82) is 0 Å². The van der Waals surface area contributed by atoms with E-state index >= 15 is 0 Å². The summed E-state index contributed by atoms with van der Waals surface area (Å²) in [6.07, 6.45) is 5.04. The minimum Gasteiger partial charge on any atom is -0.432 e. The van der Waals surface area contributed by atoms with Crippen molar-refractivity contribution < 1.29 is 4.74 Å². The highest BCUT2D eigenvalue weighted by Gasteiger charge is 1.98. The summed E-state index contributed by atoms with van der Waals surface area (Å²) in [6.45, 7) is 3.61. The maximum Gasteiger partial charge on any atom is 0.219 e. The van der Waals surface area contributed by atoms with E-state index in [0.717, 1.165) is 12.8 Å². The predicted octanol–water partition coefficient (Wildman–Crippen LogP) is 2.75. The van der Waals surface area contributed by atoms with Gasteiger partial charge in [0, 0.05) is 18.7 Å². The Morgan fingerprint density at radius 3 is 3.08 bits per heavy atom. The fourth-order valence-electron chi connectivity index (χ4n) is 0.795. The first-order chi connectivity index (χ1) is 6.33. The molecule has 0 spiro atoms. The summed E-state index contributed by atoms with van der Waals surface area (Å²) in [6, 6.07) is 5.47. The normalized spacial score (nSPS) is 9.23. The molecule has 2 nitrogen and oxygen atoms in total. The summed E-state index contributed by atoms with van der Waals surface area (Å²) in [4.78, 5) is 3.99. The first-order valence-electron chi connectivity index (χ1n) is 4.05. The summed E-state index contributed by atoms with van der Waals surface area (Å²) in [5, 5.41) is 0.554. The minimum absolute atomic E-state index is 0.552. The molecule has 0 aliphatic carbocycles. The summed E-state index contributed by atoms with van der Waals surface area (Å²) in [5.74, 6) is 0.552. The van der Waals surface area contributed by atoms with Crippen LogP contribution in [-0.4, -0.2) is 10.0 Å². The summed E-state index contributed by atoms with van der Waals surface area (Å²) >= 11 is 4.99. The summed E-state index contributed by atoms with van der Waals surface area (Å²) < 4.78 is 5.29. The Kier molecular flexibility index (Phi) is 4.12. The number of allylic oxidation sites excluding steroid dienone is 1. The average Bonchev–Trinajstić information content (AvgIpc) is 2.16. The Morgan fingerprint density at radius 2 is 2.46 bits per heavy atom. The highest BCUT2D eigenvalue weighted by molar-refractivity contribution is 7.80. The van der Waals surface area contributed by atoms with Crippen LogP contribution in [0.4, 0.5) is 0 Å². The second kappa shape index (κ2) is 5.43. The molecule has 0 radical (unpaired) electrons. The SMILES string of the molecule is C=CCCC(=S)Oc1ccccn1. The lowest BCUT2D eigenvalue weighted by Crippen LogP contribution is -2.05. The first-order valence-corrected chi connectivity index (χ1v) is 4.46. The van der Waals surface area contributed by atoms with E-state index in [1.807, 2.05) is 18.2 Å². The zero-order valence-corrected chi connectivity index (χ0v) is 8.09. The molecule has 0 bridgehead atoms. The van der Waals surface area contributed by atoms with Gasteiger partial charge in [-0.05, 0) is 24.7 Å². The van der Waals surface area contributed by atoms with E-state index < -0.39 is 0 Å². The largest absolute Gasteiger partial charge is 0.432 e. The van der Waals surface area contributed by atoms with Crippen LogP contribution < -0.4 is 4.74 Å². The van der Waals surface area contributed by atoms with Crippen LogP contribution in [0.2, 0.25) is 0 Å². The Morgan fingerprint density at radius 1 is 1.62 bits per heavy atom. The summed E-state index contributed by atoms with van der Waals surface area (Å²) in [7, 11) is 0. The molecule has 1 heterocycles. The Bertz CT molecular complexity index is 284. The lowest BCUT2D eigenvalue weighted by Gasteiger charge is -2.03. The van der Waals surface area contributed by atoms with Crippen LogP contribution in [0, 0.1) is 0 Å². The zero-order valence-electron chi connectivity index (χ0n) is 7.27. The standard InChI is InChI=1S/C10H11NOS/c1-2-3-7-10(13)12-9-6-4-5-8-11-9/h2,4-6,8H,1,3,7H2. The maximum atomic E-state index is 5.29.